The van der Waals surface area contributed by atoms with Gasteiger partial charge < -0.3 is 10.2 Å². The van der Waals surface area contributed by atoms with Crippen LogP contribution in [0, 0.1) is 6.92 Å². The number of aryl methyl sites for hydroxylation is 1. The Bertz CT molecular complexity index is 1280. The molecule has 3 rings (SSSR count). The fraction of sp³-hybridized carbons (Fsp3) is 0.259. The lowest BCUT2D eigenvalue weighted by Gasteiger charge is -2.32. The number of nitrogens with one attached hydrogen (secondary N) is 1. The minimum atomic E-state index is -3.91. The molecule has 0 aliphatic carbocycles. The fourth-order valence-electron chi connectivity index (χ4n) is 3.76. The van der Waals surface area contributed by atoms with Crippen LogP contribution < -0.4 is 5.32 Å². The molecule has 3 aromatic rings. The second-order valence-electron chi connectivity index (χ2n) is 8.54. The Morgan fingerprint density at radius 2 is 1.53 bits per heavy atom. The third-order valence-electron chi connectivity index (χ3n) is 5.87. The highest BCUT2D eigenvalue weighted by molar-refractivity contribution is 7.89. The van der Waals surface area contributed by atoms with Crippen molar-refractivity contribution in [3.63, 3.8) is 0 Å². The summed E-state index contributed by atoms with van der Waals surface area (Å²) in [7, 11) is -1.03. The van der Waals surface area contributed by atoms with Crippen molar-refractivity contribution in [1.29, 1.82) is 0 Å². The number of sulfonamides is 1. The molecular weight excluding hydrogens is 498 g/mol. The number of carbonyl (C=O) groups is 2. The number of amides is 2. The summed E-state index contributed by atoms with van der Waals surface area (Å²) in [5.41, 5.74) is 2.57. The van der Waals surface area contributed by atoms with Crippen LogP contribution in [0.15, 0.2) is 83.8 Å². The third-order valence-corrected chi connectivity index (χ3v) is 7.94. The van der Waals surface area contributed by atoms with Crippen molar-refractivity contribution in [2.24, 2.45) is 0 Å². The van der Waals surface area contributed by atoms with E-state index in [1.165, 1.54) is 31.1 Å². The maximum absolute atomic E-state index is 13.6. The summed E-state index contributed by atoms with van der Waals surface area (Å²) in [6.07, 6.45) is 0.272. The van der Waals surface area contributed by atoms with Crippen LogP contribution in [0.4, 0.5) is 0 Å². The van der Waals surface area contributed by atoms with Gasteiger partial charge in [-0.1, -0.05) is 71.8 Å². The second kappa shape index (κ2) is 12.2. The number of likely N-dealkylation sites (N-methyl/N-ethyl adjacent to an activating group) is 2. The standard InChI is InChI=1S/C27H30ClN3O4S/c1-20-9-15-24(16-10-20)36(34,35)30(3)19-26(32)31(18-22-11-13-23(28)14-12-22)25(27(33)29-2)17-21-7-5-4-6-8-21/h4-16,25H,17-19H2,1-3H3,(H,29,33). The van der Waals surface area contributed by atoms with E-state index in [9.17, 15) is 18.0 Å². The zero-order valence-electron chi connectivity index (χ0n) is 20.5. The van der Waals surface area contributed by atoms with E-state index >= 15 is 0 Å². The van der Waals surface area contributed by atoms with E-state index in [1.54, 1.807) is 36.4 Å². The van der Waals surface area contributed by atoms with E-state index in [0.717, 1.165) is 21.0 Å². The first-order chi connectivity index (χ1) is 17.1. The van der Waals surface area contributed by atoms with Crippen molar-refractivity contribution in [3.8, 4) is 0 Å². The first-order valence-electron chi connectivity index (χ1n) is 11.4. The smallest absolute Gasteiger partial charge is 0.243 e. The van der Waals surface area contributed by atoms with Gasteiger partial charge in [-0.15, -0.1) is 0 Å². The highest BCUT2D eigenvalue weighted by Crippen LogP contribution is 2.19. The van der Waals surface area contributed by atoms with Crippen LogP contribution in [0.5, 0.6) is 0 Å². The minimum Gasteiger partial charge on any atom is -0.357 e. The van der Waals surface area contributed by atoms with E-state index < -0.39 is 28.5 Å². The van der Waals surface area contributed by atoms with E-state index in [0.29, 0.717) is 5.02 Å². The van der Waals surface area contributed by atoms with Gasteiger partial charge in [-0.3, -0.25) is 9.59 Å². The number of halogens is 1. The zero-order valence-corrected chi connectivity index (χ0v) is 22.1. The van der Waals surface area contributed by atoms with Crippen LogP contribution in [-0.2, 0) is 32.6 Å². The summed E-state index contributed by atoms with van der Waals surface area (Å²) < 4.78 is 27.2. The Morgan fingerprint density at radius 3 is 2.11 bits per heavy atom. The molecule has 36 heavy (non-hydrogen) atoms. The Kier molecular flexibility index (Phi) is 9.25. The summed E-state index contributed by atoms with van der Waals surface area (Å²) in [5.74, 6) is -0.835. The van der Waals surface area contributed by atoms with Crippen molar-refractivity contribution in [1.82, 2.24) is 14.5 Å². The van der Waals surface area contributed by atoms with Crippen LogP contribution >= 0.6 is 11.6 Å². The molecule has 0 spiro atoms. The molecule has 190 valence electrons. The van der Waals surface area contributed by atoms with Crippen LogP contribution in [-0.4, -0.2) is 56.1 Å². The molecule has 0 aliphatic heterocycles. The van der Waals surface area contributed by atoms with Gasteiger partial charge in [0.2, 0.25) is 21.8 Å². The maximum atomic E-state index is 13.6. The number of benzene rings is 3. The van der Waals surface area contributed by atoms with Crippen molar-refractivity contribution in [3.05, 3.63) is 101 Å². The van der Waals surface area contributed by atoms with Crippen LogP contribution in [0.2, 0.25) is 5.02 Å². The molecule has 0 saturated heterocycles. The molecule has 1 unspecified atom stereocenters. The molecule has 2 amide bonds. The minimum absolute atomic E-state index is 0.0970. The SMILES string of the molecule is CNC(=O)C(Cc1ccccc1)N(Cc1ccc(Cl)cc1)C(=O)CN(C)S(=O)(=O)c1ccc(C)cc1. The number of hydrogen-bond donors (Lipinski definition) is 1. The van der Waals surface area contributed by atoms with Crippen molar-refractivity contribution in [2.75, 3.05) is 20.6 Å². The lowest BCUT2D eigenvalue weighted by Crippen LogP contribution is -2.52. The average Bonchev–Trinajstić information content (AvgIpc) is 2.87. The first-order valence-corrected chi connectivity index (χ1v) is 13.3. The molecule has 1 N–H and O–H groups in total. The van der Waals surface area contributed by atoms with Gasteiger partial charge in [-0.25, -0.2) is 8.42 Å². The molecule has 0 radical (unpaired) electrons. The highest BCUT2D eigenvalue weighted by atomic mass is 35.5. The molecule has 0 fully saturated rings. The highest BCUT2D eigenvalue weighted by Gasteiger charge is 2.32. The van der Waals surface area contributed by atoms with E-state index in [1.807, 2.05) is 37.3 Å². The molecule has 0 aromatic heterocycles. The van der Waals surface area contributed by atoms with Gasteiger partial charge in [0.25, 0.3) is 0 Å². The number of hydrogen-bond acceptors (Lipinski definition) is 4. The Labute approximate surface area is 217 Å². The molecule has 0 bridgehead atoms. The molecule has 1 atom stereocenters. The summed E-state index contributed by atoms with van der Waals surface area (Å²) in [6, 6.07) is 21.9. The quantitative estimate of drug-likeness (QED) is 0.436. The second-order valence-corrected chi connectivity index (χ2v) is 11.0. The Balaban J connectivity index is 1.93. The average molecular weight is 528 g/mol. The predicted molar refractivity (Wildman–Crippen MR) is 141 cm³/mol. The van der Waals surface area contributed by atoms with Gasteiger partial charge in [-0.2, -0.15) is 4.31 Å². The molecule has 7 nitrogen and oxygen atoms in total. The predicted octanol–water partition coefficient (Wildman–Crippen LogP) is 3.66. The van der Waals surface area contributed by atoms with Gasteiger partial charge in [-0.05, 0) is 42.3 Å². The summed E-state index contributed by atoms with van der Waals surface area (Å²) in [4.78, 5) is 28.1. The lowest BCUT2D eigenvalue weighted by molar-refractivity contribution is -0.141. The van der Waals surface area contributed by atoms with Gasteiger partial charge in [0.15, 0.2) is 0 Å². The third kappa shape index (κ3) is 6.94. The largest absolute Gasteiger partial charge is 0.357 e. The summed E-state index contributed by atoms with van der Waals surface area (Å²) >= 11 is 6.02. The van der Waals surface area contributed by atoms with E-state index in [4.69, 9.17) is 11.6 Å². The van der Waals surface area contributed by atoms with Crippen LogP contribution in [0.3, 0.4) is 0 Å². The lowest BCUT2D eigenvalue weighted by atomic mass is 10.0. The van der Waals surface area contributed by atoms with E-state index in [-0.39, 0.29) is 23.8 Å². The fourth-order valence-corrected chi connectivity index (χ4v) is 5.01. The first kappa shape index (κ1) is 27.4. The van der Waals surface area contributed by atoms with Gasteiger partial charge in [0.1, 0.15) is 6.04 Å². The Morgan fingerprint density at radius 1 is 0.917 bits per heavy atom. The van der Waals surface area contributed by atoms with Crippen molar-refractivity contribution < 1.29 is 18.0 Å². The van der Waals surface area contributed by atoms with Gasteiger partial charge in [0.05, 0.1) is 11.4 Å². The van der Waals surface area contributed by atoms with Crippen LogP contribution in [0.1, 0.15) is 16.7 Å². The normalized spacial score (nSPS) is 12.2. The number of carbonyl (C=O) groups excluding carboxylic acids is 2. The maximum Gasteiger partial charge on any atom is 0.243 e. The molecule has 3 aromatic carbocycles. The summed E-state index contributed by atoms with van der Waals surface area (Å²) in [5, 5.41) is 3.19. The molecule has 0 saturated carbocycles. The zero-order chi connectivity index (χ0) is 26.3. The van der Waals surface area contributed by atoms with Gasteiger partial charge >= 0.3 is 0 Å². The monoisotopic (exact) mass is 527 g/mol. The Hall–Kier alpha value is -3.20. The van der Waals surface area contributed by atoms with E-state index in [2.05, 4.69) is 5.32 Å². The molecule has 0 heterocycles. The molecule has 9 heteroatoms. The summed E-state index contributed by atoms with van der Waals surface area (Å²) in [6.45, 7) is 1.55. The van der Waals surface area contributed by atoms with Crippen molar-refractivity contribution in [2.45, 2.75) is 30.8 Å². The number of rotatable bonds is 10. The van der Waals surface area contributed by atoms with Crippen molar-refractivity contribution >= 4 is 33.4 Å². The van der Waals surface area contributed by atoms with Gasteiger partial charge in [0, 0.05) is 32.1 Å². The molecular formula is C27H30ClN3O4S. The molecule has 0 aliphatic rings. The van der Waals surface area contributed by atoms with Crippen LogP contribution in [0.25, 0.3) is 0 Å². The topological polar surface area (TPSA) is 86.8 Å². The number of nitrogens with zero attached hydrogens (tertiary/aromatic N) is 2.